The number of nitrogens with zero attached hydrogens (tertiary/aromatic N) is 3. The fourth-order valence-corrected chi connectivity index (χ4v) is 6.55. The van der Waals surface area contributed by atoms with Gasteiger partial charge in [-0.05, 0) is 60.5 Å². The van der Waals surface area contributed by atoms with Gasteiger partial charge in [-0.1, -0.05) is 81.0 Å². The van der Waals surface area contributed by atoms with Gasteiger partial charge in [-0.2, -0.15) is 0 Å². The summed E-state index contributed by atoms with van der Waals surface area (Å²) in [6, 6.07) is 20.6. The first kappa shape index (κ1) is 27.4. The molecule has 0 spiro atoms. The molecule has 1 saturated heterocycles. The second-order valence-electron chi connectivity index (χ2n) is 8.41. The zero-order valence-corrected chi connectivity index (χ0v) is 24.5. The van der Waals surface area contributed by atoms with Crippen LogP contribution in [0.3, 0.4) is 0 Å². The van der Waals surface area contributed by atoms with E-state index in [4.69, 9.17) is 16.3 Å². The average Bonchev–Trinajstić information content (AvgIpc) is 3.51. The number of aliphatic hydroxyl groups excluding tert-OH is 1. The van der Waals surface area contributed by atoms with Crippen LogP contribution in [0.5, 0.6) is 5.75 Å². The monoisotopic (exact) mass is 641 g/mol. The zero-order chi connectivity index (χ0) is 27.5. The third-order valence-electron chi connectivity index (χ3n) is 5.98. The SMILES string of the molecule is CCOc1ccc(/C(O)=C2/C(=O)C(=O)N(c3nnc(SCc4ccccc4Cl)s3)C2c2ccc(Br)cc2)cc1. The highest BCUT2D eigenvalue weighted by Gasteiger charge is 2.48. The Morgan fingerprint density at radius 1 is 1.08 bits per heavy atom. The molecule has 0 aliphatic carbocycles. The maximum atomic E-state index is 13.4. The van der Waals surface area contributed by atoms with Crippen molar-refractivity contribution in [3.05, 3.63) is 105 Å². The number of benzene rings is 3. The first-order valence-corrected chi connectivity index (χ1v) is 14.8. The van der Waals surface area contributed by atoms with Gasteiger partial charge < -0.3 is 9.84 Å². The molecule has 7 nitrogen and oxygen atoms in total. The number of ether oxygens (including phenoxy) is 1. The molecule has 1 fully saturated rings. The van der Waals surface area contributed by atoms with Crippen LogP contribution in [0.25, 0.3) is 5.76 Å². The Hall–Kier alpha value is -3.18. The van der Waals surface area contributed by atoms with Crippen molar-refractivity contribution >= 4 is 73.2 Å². The van der Waals surface area contributed by atoms with Gasteiger partial charge in [0.1, 0.15) is 11.5 Å². The smallest absolute Gasteiger partial charge is 0.301 e. The van der Waals surface area contributed by atoms with Crippen molar-refractivity contribution in [2.45, 2.75) is 23.1 Å². The third kappa shape index (κ3) is 5.74. The van der Waals surface area contributed by atoms with Crippen molar-refractivity contribution in [3.8, 4) is 5.75 Å². The van der Waals surface area contributed by atoms with Crippen molar-refractivity contribution < 1.29 is 19.4 Å². The van der Waals surface area contributed by atoms with Crippen molar-refractivity contribution in [3.63, 3.8) is 0 Å². The number of carbonyl (C=O) groups excluding carboxylic acids is 2. The van der Waals surface area contributed by atoms with E-state index in [-0.39, 0.29) is 16.5 Å². The molecule has 0 saturated carbocycles. The first-order chi connectivity index (χ1) is 18.9. The predicted octanol–water partition coefficient (Wildman–Crippen LogP) is 7.27. The third-order valence-corrected chi connectivity index (χ3v) is 8.98. The molecular weight excluding hydrogens is 622 g/mol. The minimum absolute atomic E-state index is 0.0213. The number of amides is 1. The summed E-state index contributed by atoms with van der Waals surface area (Å²) in [6.45, 7) is 2.38. The van der Waals surface area contributed by atoms with Crippen LogP contribution < -0.4 is 9.64 Å². The quantitative estimate of drug-likeness (QED) is 0.0710. The fraction of sp³-hybridized carbons (Fsp3) is 0.143. The second kappa shape index (κ2) is 11.9. The van der Waals surface area contributed by atoms with Crippen LogP contribution in [-0.4, -0.2) is 33.6 Å². The van der Waals surface area contributed by atoms with E-state index in [1.807, 2.05) is 43.3 Å². The molecule has 0 radical (unpaired) electrons. The van der Waals surface area contributed by atoms with Crippen molar-refractivity contribution in [2.75, 3.05) is 11.5 Å². The van der Waals surface area contributed by atoms with Crippen LogP contribution >= 0.6 is 50.6 Å². The van der Waals surface area contributed by atoms with Gasteiger partial charge in [-0.3, -0.25) is 14.5 Å². The average molecular weight is 643 g/mol. The zero-order valence-electron chi connectivity index (χ0n) is 20.5. The highest BCUT2D eigenvalue weighted by molar-refractivity contribution is 9.10. The number of ketones is 1. The molecule has 1 aromatic heterocycles. The maximum Gasteiger partial charge on any atom is 0.301 e. The molecule has 1 unspecified atom stereocenters. The number of Topliss-reactive ketones (excluding diaryl/α,β-unsaturated/α-hetero) is 1. The van der Waals surface area contributed by atoms with E-state index in [9.17, 15) is 14.7 Å². The molecule has 2 heterocycles. The Balaban J connectivity index is 1.52. The molecule has 5 rings (SSSR count). The number of carbonyl (C=O) groups is 2. The Labute approximate surface area is 246 Å². The lowest BCUT2D eigenvalue weighted by Gasteiger charge is -2.22. The van der Waals surface area contributed by atoms with Crippen LogP contribution in [0.2, 0.25) is 5.02 Å². The van der Waals surface area contributed by atoms with Gasteiger partial charge in [0, 0.05) is 20.8 Å². The summed E-state index contributed by atoms with van der Waals surface area (Å²) in [5.41, 5.74) is 1.97. The standard InChI is InChI=1S/C28H21BrClN3O4S2/c1-2-37-20-13-9-17(10-14-20)24(34)22-23(16-7-11-19(29)12-8-16)33(26(36)25(22)35)27-31-32-28(39-27)38-15-18-5-3-4-6-21(18)30/h3-14,23,34H,2,15H2,1H3/b24-22-. The maximum absolute atomic E-state index is 13.4. The number of thioether (sulfide) groups is 1. The number of aliphatic hydroxyl groups is 1. The number of anilines is 1. The largest absolute Gasteiger partial charge is 0.507 e. The van der Waals surface area contributed by atoms with E-state index in [0.717, 1.165) is 10.0 Å². The van der Waals surface area contributed by atoms with E-state index in [1.165, 1.54) is 28.0 Å². The summed E-state index contributed by atoms with van der Waals surface area (Å²) in [6.07, 6.45) is 0. The van der Waals surface area contributed by atoms with Crippen LogP contribution in [0.15, 0.2) is 87.2 Å². The molecule has 0 bridgehead atoms. The number of rotatable bonds is 8. The number of halogens is 2. The fourth-order valence-electron chi connectivity index (χ4n) is 4.13. The van der Waals surface area contributed by atoms with E-state index < -0.39 is 17.7 Å². The molecule has 1 aliphatic heterocycles. The van der Waals surface area contributed by atoms with E-state index >= 15 is 0 Å². The number of hydrogen-bond donors (Lipinski definition) is 1. The Kier molecular flexibility index (Phi) is 8.37. The number of hydrogen-bond acceptors (Lipinski definition) is 8. The molecular formula is C28H21BrClN3O4S2. The van der Waals surface area contributed by atoms with Gasteiger partial charge in [-0.25, -0.2) is 0 Å². The topological polar surface area (TPSA) is 92.6 Å². The highest BCUT2D eigenvalue weighted by atomic mass is 79.9. The Morgan fingerprint density at radius 3 is 2.49 bits per heavy atom. The summed E-state index contributed by atoms with van der Waals surface area (Å²) >= 11 is 12.3. The lowest BCUT2D eigenvalue weighted by atomic mass is 9.95. The first-order valence-electron chi connectivity index (χ1n) is 11.9. The van der Waals surface area contributed by atoms with Crippen molar-refractivity contribution in [1.29, 1.82) is 0 Å². The van der Waals surface area contributed by atoms with Gasteiger partial charge in [0.15, 0.2) is 4.34 Å². The molecule has 39 heavy (non-hydrogen) atoms. The molecule has 1 aliphatic rings. The van der Waals surface area contributed by atoms with Crippen LogP contribution in [-0.2, 0) is 15.3 Å². The van der Waals surface area contributed by atoms with Crippen LogP contribution in [0, 0.1) is 0 Å². The van der Waals surface area contributed by atoms with Gasteiger partial charge in [-0.15, -0.1) is 10.2 Å². The van der Waals surface area contributed by atoms with Gasteiger partial charge in [0.25, 0.3) is 5.78 Å². The van der Waals surface area contributed by atoms with Crippen LogP contribution in [0.1, 0.15) is 29.7 Å². The minimum Gasteiger partial charge on any atom is -0.507 e. The summed E-state index contributed by atoms with van der Waals surface area (Å²) in [7, 11) is 0. The lowest BCUT2D eigenvalue weighted by molar-refractivity contribution is -0.132. The normalized spacial score (nSPS) is 16.6. The summed E-state index contributed by atoms with van der Waals surface area (Å²) < 4.78 is 6.94. The van der Waals surface area contributed by atoms with E-state index in [2.05, 4.69) is 26.1 Å². The minimum atomic E-state index is -0.890. The van der Waals surface area contributed by atoms with Gasteiger partial charge >= 0.3 is 5.91 Å². The van der Waals surface area contributed by atoms with E-state index in [1.54, 1.807) is 36.4 Å². The molecule has 11 heteroatoms. The summed E-state index contributed by atoms with van der Waals surface area (Å²) in [5.74, 6) is -0.649. The van der Waals surface area contributed by atoms with Crippen LogP contribution in [0.4, 0.5) is 5.13 Å². The number of aromatic nitrogens is 2. The predicted molar refractivity (Wildman–Crippen MR) is 157 cm³/mol. The molecule has 4 aromatic rings. The van der Waals surface area contributed by atoms with Gasteiger partial charge in [0.05, 0.1) is 18.2 Å². The summed E-state index contributed by atoms with van der Waals surface area (Å²) in [5, 5.41) is 20.7. The Bertz CT molecular complexity index is 1560. The lowest BCUT2D eigenvalue weighted by Crippen LogP contribution is -2.29. The molecule has 3 aromatic carbocycles. The molecule has 1 amide bonds. The summed E-state index contributed by atoms with van der Waals surface area (Å²) in [4.78, 5) is 28.1. The van der Waals surface area contributed by atoms with E-state index in [0.29, 0.717) is 38.6 Å². The van der Waals surface area contributed by atoms with Crippen molar-refractivity contribution in [2.24, 2.45) is 0 Å². The second-order valence-corrected chi connectivity index (χ2v) is 11.9. The molecule has 1 atom stereocenters. The molecule has 1 N–H and O–H groups in total. The Morgan fingerprint density at radius 2 is 1.79 bits per heavy atom. The van der Waals surface area contributed by atoms with Crippen molar-refractivity contribution in [1.82, 2.24) is 10.2 Å². The highest BCUT2D eigenvalue weighted by Crippen LogP contribution is 2.44. The molecule has 198 valence electrons. The van der Waals surface area contributed by atoms with Gasteiger partial charge in [0.2, 0.25) is 5.13 Å².